The van der Waals surface area contributed by atoms with E-state index in [-0.39, 0.29) is 17.7 Å². The van der Waals surface area contributed by atoms with E-state index in [1.807, 2.05) is 13.8 Å². The molecule has 1 aliphatic carbocycles. The number of hydrogen-bond donors (Lipinski definition) is 1. The molecule has 9 heteroatoms. The van der Waals surface area contributed by atoms with E-state index in [9.17, 15) is 4.79 Å². The van der Waals surface area contributed by atoms with Crippen molar-refractivity contribution in [3.8, 4) is 0 Å². The minimum Gasteiger partial charge on any atom is -0.310 e. The Labute approximate surface area is 126 Å². The highest BCUT2D eigenvalue weighted by atomic mass is 32.2. The summed E-state index contributed by atoms with van der Waals surface area (Å²) in [5.74, 6) is 0.890. The lowest BCUT2D eigenvalue weighted by atomic mass is 10.4. The molecule has 1 fully saturated rings. The molecule has 0 saturated heterocycles. The van der Waals surface area contributed by atoms with Crippen LogP contribution in [0.3, 0.4) is 0 Å². The van der Waals surface area contributed by atoms with Gasteiger partial charge in [-0.1, -0.05) is 11.8 Å². The molecule has 2 aromatic rings. The van der Waals surface area contributed by atoms with E-state index in [2.05, 4.69) is 25.9 Å². The van der Waals surface area contributed by atoms with Crippen LogP contribution in [0.4, 0.5) is 5.82 Å². The van der Waals surface area contributed by atoms with E-state index < -0.39 is 0 Å². The third kappa shape index (κ3) is 3.23. The standard InChI is InChI=1S/C12H17N7OS/c1-8(2)18-10(5-6-13-18)14-11(20)7-21-12-15-16-17-19(12)9-3-4-9/h5-6,8-9H,3-4,7H2,1-2H3,(H,14,20). The van der Waals surface area contributed by atoms with Crippen LogP contribution in [-0.4, -0.2) is 41.6 Å². The molecule has 2 aromatic heterocycles. The van der Waals surface area contributed by atoms with E-state index in [1.54, 1.807) is 21.6 Å². The van der Waals surface area contributed by atoms with Gasteiger partial charge in [-0.05, 0) is 37.1 Å². The largest absolute Gasteiger partial charge is 0.310 e. The normalized spacial score (nSPS) is 14.6. The Kier molecular flexibility index (Phi) is 3.91. The lowest BCUT2D eigenvalue weighted by Gasteiger charge is -2.11. The van der Waals surface area contributed by atoms with Crippen LogP contribution in [0.15, 0.2) is 17.4 Å². The molecule has 0 spiro atoms. The minimum absolute atomic E-state index is 0.0900. The van der Waals surface area contributed by atoms with Crippen molar-refractivity contribution in [2.75, 3.05) is 11.1 Å². The van der Waals surface area contributed by atoms with E-state index in [1.165, 1.54) is 11.8 Å². The number of carbonyl (C=O) groups excluding carboxylic acids is 1. The fraction of sp³-hybridized carbons (Fsp3) is 0.583. The Morgan fingerprint density at radius 2 is 2.33 bits per heavy atom. The summed E-state index contributed by atoms with van der Waals surface area (Å²) in [4.78, 5) is 12.0. The van der Waals surface area contributed by atoms with Gasteiger partial charge < -0.3 is 5.32 Å². The highest BCUT2D eigenvalue weighted by molar-refractivity contribution is 7.99. The molecule has 0 atom stereocenters. The lowest BCUT2D eigenvalue weighted by molar-refractivity contribution is -0.113. The SMILES string of the molecule is CC(C)n1nccc1NC(=O)CSc1nnnn1C1CC1. The zero-order valence-corrected chi connectivity index (χ0v) is 12.7. The number of tetrazole rings is 1. The third-order valence-corrected chi connectivity index (χ3v) is 4.05. The summed E-state index contributed by atoms with van der Waals surface area (Å²) in [6, 6.07) is 2.40. The molecule has 0 aromatic carbocycles. The van der Waals surface area contributed by atoms with Crippen LogP contribution in [0.5, 0.6) is 0 Å². The molecule has 3 rings (SSSR count). The summed E-state index contributed by atoms with van der Waals surface area (Å²) in [5.41, 5.74) is 0. The first-order chi connectivity index (χ1) is 10.1. The van der Waals surface area contributed by atoms with Gasteiger partial charge in [-0.15, -0.1) is 5.10 Å². The van der Waals surface area contributed by atoms with E-state index >= 15 is 0 Å². The fourth-order valence-corrected chi connectivity index (χ4v) is 2.71. The van der Waals surface area contributed by atoms with E-state index in [0.717, 1.165) is 12.8 Å². The van der Waals surface area contributed by atoms with Crippen LogP contribution in [0.25, 0.3) is 0 Å². The molecule has 1 N–H and O–H groups in total. The number of nitrogens with one attached hydrogen (secondary N) is 1. The maximum absolute atomic E-state index is 12.0. The second kappa shape index (κ2) is 5.84. The third-order valence-electron chi connectivity index (χ3n) is 3.11. The molecular formula is C12H17N7OS. The van der Waals surface area contributed by atoms with Crippen LogP contribution in [0, 0.1) is 0 Å². The van der Waals surface area contributed by atoms with Crippen LogP contribution in [0.1, 0.15) is 38.8 Å². The minimum atomic E-state index is -0.0900. The molecule has 8 nitrogen and oxygen atoms in total. The molecule has 21 heavy (non-hydrogen) atoms. The predicted octanol–water partition coefficient (Wildman–Crippen LogP) is 1.52. The molecule has 0 aliphatic heterocycles. The summed E-state index contributed by atoms with van der Waals surface area (Å²) >= 11 is 1.35. The van der Waals surface area contributed by atoms with E-state index in [0.29, 0.717) is 17.0 Å². The number of carbonyl (C=O) groups is 1. The average Bonchev–Trinajstić information content (AvgIpc) is 3.00. The van der Waals surface area contributed by atoms with Gasteiger partial charge in [0.1, 0.15) is 5.82 Å². The maximum atomic E-state index is 12.0. The Balaban J connectivity index is 1.56. The molecule has 0 radical (unpaired) electrons. The Hall–Kier alpha value is -1.90. The first kappa shape index (κ1) is 14.1. The number of rotatable bonds is 6. The second-order valence-corrected chi connectivity index (χ2v) is 6.17. The van der Waals surface area contributed by atoms with Crippen molar-refractivity contribution >= 4 is 23.5 Å². The number of thioether (sulfide) groups is 1. The van der Waals surface area contributed by atoms with Gasteiger partial charge in [0, 0.05) is 12.1 Å². The Morgan fingerprint density at radius 3 is 3.05 bits per heavy atom. The molecule has 1 aliphatic rings. The number of hydrogen-bond acceptors (Lipinski definition) is 6. The fourth-order valence-electron chi connectivity index (χ4n) is 1.96. The second-order valence-electron chi connectivity index (χ2n) is 5.23. The van der Waals surface area contributed by atoms with Gasteiger partial charge in [-0.3, -0.25) is 4.79 Å². The Bertz CT molecular complexity index is 631. The highest BCUT2D eigenvalue weighted by Crippen LogP contribution is 2.36. The summed E-state index contributed by atoms with van der Waals surface area (Å²) in [5, 5.41) is 19.3. The molecule has 1 amide bonds. The van der Waals surface area contributed by atoms with Crippen molar-refractivity contribution in [1.29, 1.82) is 0 Å². The van der Waals surface area contributed by atoms with Gasteiger partial charge in [-0.25, -0.2) is 9.36 Å². The summed E-state index contributed by atoms with van der Waals surface area (Å²) in [7, 11) is 0. The van der Waals surface area contributed by atoms with Gasteiger partial charge in [0.05, 0.1) is 18.0 Å². The molecule has 1 saturated carbocycles. The molecule has 112 valence electrons. The molecule has 0 unspecified atom stereocenters. The van der Waals surface area contributed by atoms with Crippen LogP contribution in [0.2, 0.25) is 0 Å². The molecule has 2 heterocycles. The first-order valence-corrected chi connectivity index (χ1v) is 7.87. The van der Waals surface area contributed by atoms with Crippen molar-refractivity contribution in [1.82, 2.24) is 30.0 Å². The smallest absolute Gasteiger partial charge is 0.235 e. The van der Waals surface area contributed by atoms with Crippen LogP contribution in [-0.2, 0) is 4.79 Å². The highest BCUT2D eigenvalue weighted by Gasteiger charge is 2.28. The van der Waals surface area contributed by atoms with Crippen molar-refractivity contribution in [2.45, 2.75) is 43.9 Å². The van der Waals surface area contributed by atoms with Gasteiger partial charge >= 0.3 is 0 Å². The predicted molar refractivity (Wildman–Crippen MR) is 78.1 cm³/mol. The zero-order valence-electron chi connectivity index (χ0n) is 11.9. The lowest BCUT2D eigenvalue weighted by Crippen LogP contribution is -2.18. The average molecular weight is 307 g/mol. The topological polar surface area (TPSA) is 90.5 Å². The van der Waals surface area contributed by atoms with Gasteiger partial charge in [0.25, 0.3) is 0 Å². The molecule has 0 bridgehead atoms. The van der Waals surface area contributed by atoms with Gasteiger partial charge in [-0.2, -0.15) is 5.10 Å². The number of nitrogens with zero attached hydrogens (tertiary/aromatic N) is 6. The van der Waals surface area contributed by atoms with Crippen LogP contribution < -0.4 is 5.32 Å². The number of amides is 1. The molecular weight excluding hydrogens is 290 g/mol. The summed E-state index contributed by atoms with van der Waals surface area (Å²) < 4.78 is 3.58. The Morgan fingerprint density at radius 1 is 1.52 bits per heavy atom. The quantitative estimate of drug-likeness (QED) is 0.814. The van der Waals surface area contributed by atoms with Crippen molar-refractivity contribution in [3.63, 3.8) is 0 Å². The first-order valence-electron chi connectivity index (χ1n) is 6.89. The monoisotopic (exact) mass is 307 g/mol. The summed E-state index contributed by atoms with van der Waals surface area (Å²) in [6.07, 6.45) is 3.90. The van der Waals surface area contributed by atoms with Gasteiger partial charge in [0.2, 0.25) is 11.1 Å². The number of anilines is 1. The van der Waals surface area contributed by atoms with E-state index in [4.69, 9.17) is 0 Å². The summed E-state index contributed by atoms with van der Waals surface area (Å²) in [6.45, 7) is 4.03. The van der Waals surface area contributed by atoms with Crippen molar-refractivity contribution in [3.05, 3.63) is 12.3 Å². The van der Waals surface area contributed by atoms with Gasteiger partial charge in [0.15, 0.2) is 0 Å². The zero-order chi connectivity index (χ0) is 14.8. The maximum Gasteiger partial charge on any atom is 0.235 e. The number of aromatic nitrogens is 6. The van der Waals surface area contributed by atoms with Crippen LogP contribution >= 0.6 is 11.8 Å². The van der Waals surface area contributed by atoms with Crippen molar-refractivity contribution < 1.29 is 4.79 Å². The van der Waals surface area contributed by atoms with Crippen molar-refractivity contribution in [2.24, 2.45) is 0 Å².